The number of morpholine rings is 1. The highest BCUT2D eigenvalue weighted by atomic mass is 16.5. The van der Waals surface area contributed by atoms with Gasteiger partial charge in [0.2, 0.25) is 0 Å². The third kappa shape index (κ3) is 2.19. The van der Waals surface area contributed by atoms with Crippen molar-refractivity contribution in [1.29, 1.82) is 0 Å². The highest BCUT2D eigenvalue weighted by Crippen LogP contribution is 2.28. The molecule has 1 unspecified atom stereocenters. The normalized spacial score (nSPS) is 24.0. The number of benzene rings is 1. The second kappa shape index (κ2) is 4.96. The Bertz CT molecular complexity index is 481. The molecule has 2 heterocycles. The van der Waals surface area contributed by atoms with Crippen molar-refractivity contribution in [1.82, 2.24) is 4.90 Å². The quantitative estimate of drug-likeness (QED) is 0.796. The molecule has 0 bridgehead atoms. The molecule has 0 spiro atoms. The summed E-state index contributed by atoms with van der Waals surface area (Å²) in [7, 11) is 0. The highest BCUT2D eigenvalue weighted by Gasteiger charge is 2.25. The summed E-state index contributed by atoms with van der Waals surface area (Å²) in [5, 5.41) is 7.89. The van der Waals surface area contributed by atoms with Crippen LogP contribution in [0.2, 0.25) is 0 Å². The molecule has 18 heavy (non-hydrogen) atoms. The fraction of sp³-hybridized carbons (Fsp3) is 0.462. The molecule has 0 N–H and O–H groups in total. The van der Waals surface area contributed by atoms with Gasteiger partial charge in [0.25, 0.3) is 5.91 Å². The van der Waals surface area contributed by atoms with Gasteiger partial charge < -0.3 is 4.74 Å². The standard InChI is InChI=1S/C13H15N3O2/c17-13-11-4-2-1-3-10(11)12(14-15-13)9-16-5-7-18-8-6-16/h1-4,12H,5-9H2. The van der Waals surface area contributed by atoms with Crippen LogP contribution in [0.1, 0.15) is 22.0 Å². The van der Waals surface area contributed by atoms with Crippen LogP contribution >= 0.6 is 0 Å². The lowest BCUT2D eigenvalue weighted by molar-refractivity contribution is 0.0348. The van der Waals surface area contributed by atoms with Crippen LogP contribution in [0.25, 0.3) is 0 Å². The molecule has 2 aliphatic heterocycles. The number of amides is 1. The van der Waals surface area contributed by atoms with Gasteiger partial charge >= 0.3 is 0 Å². The number of nitrogens with zero attached hydrogens (tertiary/aromatic N) is 3. The van der Waals surface area contributed by atoms with E-state index in [4.69, 9.17) is 4.74 Å². The van der Waals surface area contributed by atoms with Gasteiger partial charge in [-0.15, -0.1) is 5.11 Å². The Morgan fingerprint density at radius 2 is 2.06 bits per heavy atom. The van der Waals surface area contributed by atoms with E-state index in [1.807, 2.05) is 24.3 Å². The van der Waals surface area contributed by atoms with Gasteiger partial charge in [0.15, 0.2) is 0 Å². The van der Waals surface area contributed by atoms with Crippen molar-refractivity contribution in [2.75, 3.05) is 32.8 Å². The van der Waals surface area contributed by atoms with Crippen LogP contribution in [0.4, 0.5) is 0 Å². The van der Waals surface area contributed by atoms with E-state index in [1.54, 1.807) is 0 Å². The zero-order chi connectivity index (χ0) is 12.4. The predicted molar refractivity (Wildman–Crippen MR) is 65.6 cm³/mol. The molecule has 1 aromatic carbocycles. The zero-order valence-electron chi connectivity index (χ0n) is 10.1. The van der Waals surface area contributed by atoms with Gasteiger partial charge in [-0.3, -0.25) is 9.69 Å². The van der Waals surface area contributed by atoms with E-state index in [9.17, 15) is 4.79 Å². The van der Waals surface area contributed by atoms with E-state index >= 15 is 0 Å². The molecule has 3 rings (SSSR count). The van der Waals surface area contributed by atoms with Gasteiger partial charge in [0, 0.05) is 25.2 Å². The first-order chi connectivity index (χ1) is 8.84. The largest absolute Gasteiger partial charge is 0.379 e. The van der Waals surface area contributed by atoms with Gasteiger partial charge in [-0.05, 0) is 11.6 Å². The van der Waals surface area contributed by atoms with E-state index < -0.39 is 0 Å². The lowest BCUT2D eigenvalue weighted by Crippen LogP contribution is -2.39. The SMILES string of the molecule is O=C1N=NC(CN2CCOCC2)c2ccccc21. The minimum absolute atomic E-state index is 0.0306. The van der Waals surface area contributed by atoms with Crippen molar-refractivity contribution in [2.24, 2.45) is 10.2 Å². The summed E-state index contributed by atoms with van der Waals surface area (Å²) < 4.78 is 5.33. The molecule has 0 aromatic heterocycles. The van der Waals surface area contributed by atoms with E-state index in [2.05, 4.69) is 15.1 Å². The Hall–Kier alpha value is -1.59. The third-order valence-electron chi connectivity index (χ3n) is 3.37. The second-order valence-electron chi connectivity index (χ2n) is 4.54. The van der Waals surface area contributed by atoms with Gasteiger partial charge in [0.05, 0.1) is 13.2 Å². The fourth-order valence-electron chi connectivity index (χ4n) is 2.38. The van der Waals surface area contributed by atoms with Crippen molar-refractivity contribution >= 4 is 5.91 Å². The first-order valence-corrected chi connectivity index (χ1v) is 6.19. The number of hydrogen-bond acceptors (Lipinski definition) is 4. The molecule has 1 saturated heterocycles. The molecule has 1 aromatic rings. The minimum Gasteiger partial charge on any atom is -0.379 e. The van der Waals surface area contributed by atoms with Crippen molar-refractivity contribution in [3.63, 3.8) is 0 Å². The maximum Gasteiger partial charge on any atom is 0.295 e. The van der Waals surface area contributed by atoms with Crippen LogP contribution in [0, 0.1) is 0 Å². The maximum absolute atomic E-state index is 11.6. The van der Waals surface area contributed by atoms with Gasteiger partial charge in [-0.2, -0.15) is 5.11 Å². The third-order valence-corrected chi connectivity index (χ3v) is 3.37. The maximum atomic E-state index is 11.6. The van der Waals surface area contributed by atoms with Crippen LogP contribution in [0.5, 0.6) is 0 Å². The van der Waals surface area contributed by atoms with Gasteiger partial charge in [-0.25, -0.2) is 0 Å². The molecule has 5 nitrogen and oxygen atoms in total. The van der Waals surface area contributed by atoms with Crippen LogP contribution in [-0.2, 0) is 4.74 Å². The topological polar surface area (TPSA) is 54.3 Å². The monoisotopic (exact) mass is 245 g/mol. The molecule has 2 aliphatic rings. The summed E-state index contributed by atoms with van der Waals surface area (Å²) in [5.74, 6) is -0.233. The van der Waals surface area contributed by atoms with Crippen molar-refractivity contribution in [3.05, 3.63) is 35.4 Å². The number of rotatable bonds is 2. The average molecular weight is 245 g/mol. The molecule has 0 radical (unpaired) electrons. The molecule has 94 valence electrons. The fourth-order valence-corrected chi connectivity index (χ4v) is 2.38. The first kappa shape index (κ1) is 11.5. The summed E-state index contributed by atoms with van der Waals surface area (Å²) >= 11 is 0. The smallest absolute Gasteiger partial charge is 0.295 e. The lowest BCUT2D eigenvalue weighted by Gasteiger charge is -2.29. The Balaban J connectivity index is 1.80. The van der Waals surface area contributed by atoms with Gasteiger partial charge in [-0.1, -0.05) is 18.2 Å². The van der Waals surface area contributed by atoms with Crippen molar-refractivity contribution in [2.45, 2.75) is 6.04 Å². The minimum atomic E-state index is -0.233. The lowest BCUT2D eigenvalue weighted by atomic mass is 9.98. The molecule has 1 fully saturated rings. The summed E-state index contributed by atoms with van der Waals surface area (Å²) in [4.78, 5) is 13.9. The number of fused-ring (bicyclic) bond motifs is 1. The second-order valence-corrected chi connectivity index (χ2v) is 4.54. The highest BCUT2D eigenvalue weighted by molar-refractivity contribution is 5.96. The average Bonchev–Trinajstić information content (AvgIpc) is 2.44. The summed E-state index contributed by atoms with van der Waals surface area (Å²) in [6, 6.07) is 7.57. The van der Waals surface area contributed by atoms with Crippen LogP contribution in [0.15, 0.2) is 34.5 Å². The molecule has 1 atom stereocenters. The molecule has 5 heteroatoms. The van der Waals surface area contributed by atoms with E-state index in [-0.39, 0.29) is 11.9 Å². The van der Waals surface area contributed by atoms with Crippen molar-refractivity contribution < 1.29 is 9.53 Å². The summed E-state index contributed by atoms with van der Waals surface area (Å²) in [6.45, 7) is 4.18. The zero-order valence-corrected chi connectivity index (χ0v) is 10.1. The Kier molecular flexibility index (Phi) is 3.17. The number of hydrogen-bond donors (Lipinski definition) is 0. The molecule has 0 aliphatic carbocycles. The molecule has 0 saturated carbocycles. The predicted octanol–water partition coefficient (Wildman–Crippen LogP) is 1.67. The molecule has 1 amide bonds. The van der Waals surface area contributed by atoms with Crippen LogP contribution in [0.3, 0.4) is 0 Å². The Labute approximate surface area is 105 Å². The first-order valence-electron chi connectivity index (χ1n) is 6.19. The summed E-state index contributed by atoms with van der Waals surface area (Å²) in [5.41, 5.74) is 1.68. The van der Waals surface area contributed by atoms with Crippen LogP contribution < -0.4 is 0 Å². The van der Waals surface area contributed by atoms with Gasteiger partial charge in [0.1, 0.15) is 6.04 Å². The molecular formula is C13H15N3O2. The number of azo groups is 1. The Morgan fingerprint density at radius 1 is 1.28 bits per heavy atom. The van der Waals surface area contributed by atoms with Crippen LogP contribution in [-0.4, -0.2) is 43.7 Å². The summed E-state index contributed by atoms with van der Waals surface area (Å²) in [6.07, 6.45) is 0. The van der Waals surface area contributed by atoms with E-state index in [0.29, 0.717) is 5.56 Å². The van der Waals surface area contributed by atoms with Crippen molar-refractivity contribution in [3.8, 4) is 0 Å². The molecular weight excluding hydrogens is 230 g/mol. The number of carbonyl (C=O) groups excluding carboxylic acids is 1. The number of carbonyl (C=O) groups is 1. The van der Waals surface area contributed by atoms with E-state index in [1.165, 1.54) is 0 Å². The number of ether oxygens (including phenoxy) is 1. The van der Waals surface area contributed by atoms with E-state index in [0.717, 1.165) is 38.4 Å². The Morgan fingerprint density at radius 3 is 2.89 bits per heavy atom.